The predicted molar refractivity (Wildman–Crippen MR) is 110 cm³/mol. The van der Waals surface area contributed by atoms with Gasteiger partial charge >= 0.3 is 5.69 Å². The van der Waals surface area contributed by atoms with E-state index in [-0.39, 0.29) is 11.1 Å². The second-order valence-corrected chi connectivity index (χ2v) is 6.80. The van der Waals surface area contributed by atoms with E-state index in [1.165, 1.54) is 12.6 Å². The zero-order valence-electron chi connectivity index (χ0n) is 15.6. The van der Waals surface area contributed by atoms with E-state index in [2.05, 4.69) is 28.8 Å². The number of halogens is 2. The van der Waals surface area contributed by atoms with Gasteiger partial charge in [-0.1, -0.05) is 44.0 Å². The number of nitrogens with two attached hydrogens (primary N) is 1. The van der Waals surface area contributed by atoms with E-state index in [1.807, 2.05) is 19.1 Å². The van der Waals surface area contributed by atoms with Crippen molar-refractivity contribution in [1.82, 2.24) is 15.0 Å². The Balaban J connectivity index is 0.000000817. The van der Waals surface area contributed by atoms with E-state index in [0.29, 0.717) is 28.7 Å². The predicted octanol–water partition coefficient (Wildman–Crippen LogP) is 4.88. The molecule has 0 bridgehead atoms. The van der Waals surface area contributed by atoms with Gasteiger partial charge in [0.15, 0.2) is 5.82 Å². The van der Waals surface area contributed by atoms with Gasteiger partial charge in [-0.2, -0.15) is 0 Å². The van der Waals surface area contributed by atoms with Crippen LogP contribution >= 0.6 is 11.6 Å². The summed E-state index contributed by atoms with van der Waals surface area (Å²) < 4.78 is 14.4. The number of aromatic amines is 2. The summed E-state index contributed by atoms with van der Waals surface area (Å²) in [6.45, 7) is 6.16. The van der Waals surface area contributed by atoms with E-state index in [9.17, 15) is 9.18 Å². The van der Waals surface area contributed by atoms with E-state index in [1.54, 1.807) is 18.2 Å². The zero-order valence-corrected chi connectivity index (χ0v) is 16.4. The molecule has 7 heteroatoms. The summed E-state index contributed by atoms with van der Waals surface area (Å²) in [5, 5.41) is 0.705. The van der Waals surface area contributed by atoms with Crippen molar-refractivity contribution in [3.63, 3.8) is 0 Å². The Bertz CT molecular complexity index is 991. The molecule has 0 aliphatic heterocycles. The first-order valence-corrected chi connectivity index (χ1v) is 9.23. The molecule has 2 heterocycles. The summed E-state index contributed by atoms with van der Waals surface area (Å²) in [6.07, 6.45) is 7.17. The fraction of sp³-hybridized carbons (Fsp3) is 0.300. The molecule has 5 nitrogen and oxygen atoms in total. The molecule has 0 amide bonds. The smallest absolute Gasteiger partial charge is 0.341 e. The first kappa shape index (κ1) is 20.9. The van der Waals surface area contributed by atoms with Crippen molar-refractivity contribution >= 4 is 28.7 Å². The van der Waals surface area contributed by atoms with E-state index in [4.69, 9.17) is 17.3 Å². The molecule has 1 aromatic carbocycles. The number of hydrogen-bond acceptors (Lipinski definition) is 3. The van der Waals surface area contributed by atoms with Crippen molar-refractivity contribution in [2.45, 2.75) is 39.7 Å². The molecule has 4 N–H and O–H groups in total. The highest BCUT2D eigenvalue weighted by molar-refractivity contribution is 6.31. The quantitative estimate of drug-likeness (QED) is 0.593. The van der Waals surface area contributed by atoms with E-state index >= 15 is 0 Å². The molecular weight excluding hydrogens is 367 g/mol. The molecule has 0 saturated carbocycles. The molecule has 1 unspecified atom stereocenters. The summed E-state index contributed by atoms with van der Waals surface area (Å²) >= 11 is 6.02. The topological polar surface area (TPSA) is 87.6 Å². The molecule has 3 rings (SSSR count). The minimum Gasteiger partial charge on any atom is -0.341 e. The largest absolute Gasteiger partial charge is 0.346 e. The number of aromatic nitrogens is 3. The molecule has 0 aliphatic rings. The lowest BCUT2D eigenvalue weighted by atomic mass is 10.1. The SMILES string of the molecule is CC(N)C/C=C/c1cc(Cl)c(F)c(-c2cc3cnc(=O)[nH]c3[nH]2)c1.CCC. The Morgan fingerprint density at radius 2 is 2.00 bits per heavy atom. The Morgan fingerprint density at radius 3 is 2.67 bits per heavy atom. The lowest BCUT2D eigenvalue weighted by Gasteiger charge is -2.05. The van der Waals surface area contributed by atoms with Crippen LogP contribution in [0, 0.1) is 5.82 Å². The van der Waals surface area contributed by atoms with Gasteiger partial charge in [0, 0.05) is 23.2 Å². The summed E-state index contributed by atoms with van der Waals surface area (Å²) in [5.74, 6) is -0.525. The Labute approximate surface area is 162 Å². The van der Waals surface area contributed by atoms with E-state index < -0.39 is 11.5 Å². The van der Waals surface area contributed by atoms with Crippen LogP contribution in [-0.2, 0) is 0 Å². The lowest BCUT2D eigenvalue weighted by molar-refractivity contribution is 0.631. The van der Waals surface area contributed by atoms with Gasteiger partial charge in [0.25, 0.3) is 0 Å². The second-order valence-electron chi connectivity index (χ2n) is 6.39. The molecule has 144 valence electrons. The molecule has 0 spiro atoms. The Kier molecular flexibility index (Phi) is 7.33. The van der Waals surface area contributed by atoms with Gasteiger partial charge < -0.3 is 10.7 Å². The molecule has 1 atom stereocenters. The number of hydrogen-bond donors (Lipinski definition) is 3. The number of nitrogens with zero attached hydrogens (tertiary/aromatic N) is 1. The van der Waals surface area contributed by atoms with Gasteiger partial charge in [-0.3, -0.25) is 4.98 Å². The third-order valence-electron chi connectivity index (χ3n) is 3.56. The number of benzene rings is 1. The van der Waals surface area contributed by atoms with Gasteiger partial charge in [0.05, 0.1) is 10.7 Å². The number of fused-ring (bicyclic) bond motifs is 1. The zero-order chi connectivity index (χ0) is 20.0. The normalized spacial score (nSPS) is 12.2. The minimum absolute atomic E-state index is 0.0261. The maximum absolute atomic E-state index is 14.4. The maximum atomic E-state index is 14.4. The molecule has 0 saturated heterocycles. The monoisotopic (exact) mass is 390 g/mol. The van der Waals surface area contributed by atoms with Gasteiger partial charge in [0.2, 0.25) is 0 Å². The lowest BCUT2D eigenvalue weighted by Crippen LogP contribution is -2.12. The van der Waals surface area contributed by atoms with Crippen LogP contribution in [-0.4, -0.2) is 21.0 Å². The Hall–Kier alpha value is -2.44. The average molecular weight is 391 g/mol. The molecule has 0 aliphatic carbocycles. The first-order valence-electron chi connectivity index (χ1n) is 8.85. The standard InChI is InChI=1S/C17H16ClFN4O.C3H8/c1-9(20)3-2-4-10-5-12(15(19)13(18)6-10)14-7-11-8-21-17(24)23-16(11)22-14;1-3-2/h2,4-9H,3,20H2,1H3,(H2,21,22,23,24);3H2,1-2H3/b4-2+;. The van der Waals surface area contributed by atoms with Crippen LogP contribution in [0.4, 0.5) is 4.39 Å². The number of rotatable bonds is 4. The highest BCUT2D eigenvalue weighted by atomic mass is 35.5. The van der Waals surface area contributed by atoms with Crippen LogP contribution in [0.15, 0.2) is 35.3 Å². The molecule has 0 fully saturated rings. The number of H-pyrrole nitrogens is 2. The van der Waals surface area contributed by atoms with Crippen LogP contribution in [0.1, 0.15) is 39.2 Å². The highest BCUT2D eigenvalue weighted by Gasteiger charge is 2.13. The molecular formula is C20H24ClFN4O. The van der Waals surface area contributed by atoms with Crippen LogP contribution in [0.2, 0.25) is 5.02 Å². The minimum atomic E-state index is -0.525. The fourth-order valence-corrected chi connectivity index (χ4v) is 2.64. The molecule has 0 radical (unpaired) electrons. The Morgan fingerprint density at radius 1 is 1.30 bits per heavy atom. The molecule has 27 heavy (non-hydrogen) atoms. The number of nitrogens with one attached hydrogen (secondary N) is 2. The summed E-state index contributed by atoms with van der Waals surface area (Å²) in [7, 11) is 0. The summed E-state index contributed by atoms with van der Waals surface area (Å²) in [6, 6.07) is 5.01. The van der Waals surface area contributed by atoms with Gasteiger partial charge in [-0.15, -0.1) is 0 Å². The molecule has 2 aromatic heterocycles. The van der Waals surface area contributed by atoms with E-state index in [0.717, 1.165) is 5.56 Å². The third-order valence-corrected chi connectivity index (χ3v) is 3.83. The summed E-state index contributed by atoms with van der Waals surface area (Å²) in [4.78, 5) is 20.5. The summed E-state index contributed by atoms with van der Waals surface area (Å²) in [5.41, 5.74) is 7.32. The van der Waals surface area contributed by atoms with Crippen molar-refractivity contribution in [2.75, 3.05) is 0 Å². The first-order chi connectivity index (χ1) is 12.8. The van der Waals surface area contributed by atoms with Crippen LogP contribution in [0.25, 0.3) is 28.4 Å². The van der Waals surface area contributed by atoms with Crippen LogP contribution in [0.5, 0.6) is 0 Å². The third kappa shape index (κ3) is 5.52. The average Bonchev–Trinajstić information content (AvgIpc) is 3.01. The highest BCUT2D eigenvalue weighted by Crippen LogP contribution is 2.31. The van der Waals surface area contributed by atoms with Gasteiger partial charge in [-0.25, -0.2) is 14.2 Å². The van der Waals surface area contributed by atoms with Crippen molar-refractivity contribution < 1.29 is 4.39 Å². The van der Waals surface area contributed by atoms with Crippen molar-refractivity contribution in [3.05, 3.63) is 57.4 Å². The fourth-order valence-electron chi connectivity index (χ4n) is 2.41. The van der Waals surface area contributed by atoms with Crippen LogP contribution in [0.3, 0.4) is 0 Å². The second kappa shape index (κ2) is 9.48. The van der Waals surface area contributed by atoms with Crippen molar-refractivity contribution in [3.8, 4) is 11.3 Å². The maximum Gasteiger partial charge on any atom is 0.346 e. The van der Waals surface area contributed by atoms with Crippen molar-refractivity contribution in [1.29, 1.82) is 0 Å². The van der Waals surface area contributed by atoms with Gasteiger partial charge in [-0.05, 0) is 37.1 Å². The molecule has 3 aromatic rings. The van der Waals surface area contributed by atoms with Crippen molar-refractivity contribution in [2.24, 2.45) is 5.73 Å². The van der Waals surface area contributed by atoms with Gasteiger partial charge in [0.1, 0.15) is 5.65 Å². The van der Waals surface area contributed by atoms with Crippen LogP contribution < -0.4 is 11.4 Å².